The highest BCUT2D eigenvalue weighted by Gasteiger charge is 2.27. The summed E-state index contributed by atoms with van der Waals surface area (Å²) in [5, 5.41) is 13.0. The van der Waals surface area contributed by atoms with E-state index in [0.29, 0.717) is 10.6 Å². The van der Waals surface area contributed by atoms with Crippen LogP contribution in [-0.2, 0) is 4.79 Å². The van der Waals surface area contributed by atoms with Gasteiger partial charge in [-0.25, -0.2) is 4.79 Å². The second-order valence-electron chi connectivity index (χ2n) is 6.23. The molecule has 0 atom stereocenters. The Morgan fingerprint density at radius 2 is 1.79 bits per heavy atom. The molecule has 0 radical (unpaired) electrons. The number of carboxylic acids is 1. The Labute approximate surface area is 145 Å². The Kier molecular flexibility index (Phi) is 5.00. The first-order valence-corrected chi connectivity index (χ1v) is 9.12. The van der Waals surface area contributed by atoms with Gasteiger partial charge in [-0.3, -0.25) is 4.79 Å². The first-order chi connectivity index (χ1) is 11.6. The van der Waals surface area contributed by atoms with Crippen molar-refractivity contribution in [2.24, 2.45) is 5.92 Å². The van der Waals surface area contributed by atoms with Crippen LogP contribution < -0.4 is 5.32 Å². The predicted octanol–water partition coefficient (Wildman–Crippen LogP) is 4.94. The summed E-state index contributed by atoms with van der Waals surface area (Å²) in [6.45, 7) is 1.90. The molecule has 1 aliphatic rings. The van der Waals surface area contributed by atoms with Crippen LogP contribution in [-0.4, -0.2) is 17.0 Å². The summed E-state index contributed by atoms with van der Waals surface area (Å²) in [6.07, 6.45) is 5.11. The van der Waals surface area contributed by atoms with Gasteiger partial charge in [-0.05, 0) is 25.3 Å². The van der Waals surface area contributed by atoms with E-state index in [0.717, 1.165) is 36.1 Å². The first-order valence-electron chi connectivity index (χ1n) is 8.31. The van der Waals surface area contributed by atoms with Crippen LogP contribution in [0.5, 0.6) is 0 Å². The van der Waals surface area contributed by atoms with Crippen molar-refractivity contribution in [3.63, 3.8) is 0 Å². The summed E-state index contributed by atoms with van der Waals surface area (Å²) < 4.78 is 0. The van der Waals surface area contributed by atoms with Gasteiger partial charge in [0.15, 0.2) is 0 Å². The van der Waals surface area contributed by atoms with E-state index in [1.165, 1.54) is 17.8 Å². The van der Waals surface area contributed by atoms with Gasteiger partial charge < -0.3 is 10.4 Å². The minimum atomic E-state index is -1.00. The molecule has 0 aliphatic heterocycles. The van der Waals surface area contributed by atoms with E-state index in [1.54, 1.807) is 0 Å². The molecule has 1 heterocycles. The van der Waals surface area contributed by atoms with Crippen molar-refractivity contribution in [3.05, 3.63) is 40.8 Å². The minimum Gasteiger partial charge on any atom is -0.478 e. The maximum atomic E-state index is 12.5. The van der Waals surface area contributed by atoms with Gasteiger partial charge in [0, 0.05) is 16.4 Å². The second kappa shape index (κ2) is 7.18. The predicted molar refractivity (Wildman–Crippen MR) is 96.7 cm³/mol. The molecule has 0 spiro atoms. The van der Waals surface area contributed by atoms with Crippen molar-refractivity contribution >= 4 is 28.2 Å². The molecule has 5 heteroatoms. The van der Waals surface area contributed by atoms with Crippen molar-refractivity contribution in [3.8, 4) is 11.1 Å². The van der Waals surface area contributed by atoms with Gasteiger partial charge in [0.05, 0.1) is 0 Å². The van der Waals surface area contributed by atoms with Gasteiger partial charge in [0.1, 0.15) is 10.6 Å². The zero-order valence-corrected chi connectivity index (χ0v) is 14.5. The number of thiophene rings is 1. The second-order valence-corrected chi connectivity index (χ2v) is 7.46. The van der Waals surface area contributed by atoms with Crippen LogP contribution in [0.25, 0.3) is 11.1 Å². The van der Waals surface area contributed by atoms with Gasteiger partial charge in [-0.2, -0.15) is 0 Å². The lowest BCUT2D eigenvalue weighted by atomic mass is 9.88. The third kappa shape index (κ3) is 3.36. The highest BCUT2D eigenvalue weighted by molar-refractivity contribution is 7.17. The van der Waals surface area contributed by atoms with E-state index < -0.39 is 5.97 Å². The lowest BCUT2D eigenvalue weighted by Crippen LogP contribution is -2.25. The van der Waals surface area contributed by atoms with Gasteiger partial charge >= 0.3 is 5.97 Å². The monoisotopic (exact) mass is 343 g/mol. The number of aromatic carboxylic acids is 1. The van der Waals surface area contributed by atoms with Crippen LogP contribution in [0.4, 0.5) is 5.00 Å². The quantitative estimate of drug-likeness (QED) is 0.826. The number of nitrogens with one attached hydrogen (secondary N) is 1. The number of amides is 1. The molecule has 3 rings (SSSR count). The highest BCUT2D eigenvalue weighted by Crippen LogP contribution is 2.40. The molecule has 2 N–H and O–H groups in total. The topological polar surface area (TPSA) is 66.4 Å². The smallest absolute Gasteiger partial charge is 0.339 e. The SMILES string of the molecule is Cc1sc(NC(=O)C2CCCCC2)c(C(=O)O)c1-c1ccccc1. The van der Waals surface area contributed by atoms with E-state index >= 15 is 0 Å². The molecule has 24 heavy (non-hydrogen) atoms. The summed E-state index contributed by atoms with van der Waals surface area (Å²) in [5.74, 6) is -1.04. The van der Waals surface area contributed by atoms with E-state index in [2.05, 4.69) is 5.32 Å². The Morgan fingerprint density at radius 1 is 1.12 bits per heavy atom. The number of hydrogen-bond acceptors (Lipinski definition) is 3. The average molecular weight is 343 g/mol. The zero-order valence-electron chi connectivity index (χ0n) is 13.7. The molecule has 1 fully saturated rings. The van der Waals surface area contributed by atoms with Crippen LogP contribution in [0.2, 0.25) is 0 Å². The Morgan fingerprint density at radius 3 is 2.42 bits per heavy atom. The number of carbonyl (C=O) groups is 2. The zero-order chi connectivity index (χ0) is 17.1. The van der Waals surface area contributed by atoms with Crippen LogP contribution >= 0.6 is 11.3 Å². The molecule has 0 bridgehead atoms. The summed E-state index contributed by atoms with van der Waals surface area (Å²) in [5.41, 5.74) is 1.77. The van der Waals surface area contributed by atoms with E-state index in [4.69, 9.17) is 0 Å². The number of anilines is 1. The number of carboxylic acid groups (broad SMARTS) is 1. The number of hydrogen-bond donors (Lipinski definition) is 2. The Hall–Kier alpha value is -2.14. The number of rotatable bonds is 4. The van der Waals surface area contributed by atoms with Gasteiger partial charge in [0.2, 0.25) is 5.91 Å². The van der Waals surface area contributed by atoms with E-state index in [-0.39, 0.29) is 17.4 Å². The van der Waals surface area contributed by atoms with Gasteiger partial charge in [-0.1, -0.05) is 49.6 Å². The van der Waals surface area contributed by atoms with Crippen molar-refractivity contribution in [1.82, 2.24) is 0 Å². The third-order valence-corrected chi connectivity index (χ3v) is 5.59. The van der Waals surface area contributed by atoms with E-state index in [1.807, 2.05) is 37.3 Å². The minimum absolute atomic E-state index is 0.00276. The van der Waals surface area contributed by atoms with Crippen LogP contribution in [0.15, 0.2) is 30.3 Å². The molecular formula is C19H21NO3S. The Bertz CT molecular complexity index is 745. The molecule has 126 valence electrons. The van der Waals surface area contributed by atoms with Crippen molar-refractivity contribution in [1.29, 1.82) is 0 Å². The molecule has 1 aromatic carbocycles. The molecule has 1 amide bonds. The summed E-state index contributed by atoms with van der Waals surface area (Å²) >= 11 is 1.34. The van der Waals surface area contributed by atoms with Crippen LogP contribution in [0.1, 0.15) is 47.3 Å². The Balaban J connectivity index is 1.94. The fraction of sp³-hybridized carbons (Fsp3) is 0.368. The standard InChI is InChI=1S/C19H21NO3S/c1-12-15(13-8-4-2-5-9-13)16(19(22)23)18(24-12)20-17(21)14-10-6-3-7-11-14/h2,4-5,8-9,14H,3,6-7,10-11H2,1H3,(H,20,21)(H,22,23). The fourth-order valence-electron chi connectivity index (χ4n) is 3.37. The molecular weight excluding hydrogens is 322 g/mol. The average Bonchev–Trinajstić information content (AvgIpc) is 2.92. The number of benzene rings is 1. The molecule has 1 aromatic heterocycles. The summed E-state index contributed by atoms with van der Waals surface area (Å²) in [4.78, 5) is 25.2. The summed E-state index contributed by atoms with van der Waals surface area (Å²) in [6, 6.07) is 9.47. The molecule has 1 saturated carbocycles. The van der Waals surface area contributed by atoms with Crippen molar-refractivity contribution < 1.29 is 14.7 Å². The van der Waals surface area contributed by atoms with E-state index in [9.17, 15) is 14.7 Å². The van der Waals surface area contributed by atoms with Gasteiger partial charge in [-0.15, -0.1) is 11.3 Å². The number of carbonyl (C=O) groups excluding carboxylic acids is 1. The lowest BCUT2D eigenvalue weighted by molar-refractivity contribution is -0.120. The normalized spacial score (nSPS) is 15.2. The van der Waals surface area contributed by atoms with Gasteiger partial charge in [0.25, 0.3) is 0 Å². The fourth-order valence-corrected chi connectivity index (χ4v) is 4.44. The summed E-state index contributed by atoms with van der Waals surface area (Å²) in [7, 11) is 0. The maximum absolute atomic E-state index is 12.5. The largest absolute Gasteiger partial charge is 0.478 e. The maximum Gasteiger partial charge on any atom is 0.339 e. The van der Waals surface area contributed by atoms with Crippen LogP contribution in [0.3, 0.4) is 0 Å². The molecule has 0 unspecified atom stereocenters. The third-order valence-electron chi connectivity index (χ3n) is 4.57. The first kappa shape index (κ1) is 16.7. The number of aryl methyl sites for hydroxylation is 1. The van der Waals surface area contributed by atoms with Crippen molar-refractivity contribution in [2.75, 3.05) is 5.32 Å². The molecule has 1 aliphatic carbocycles. The molecule has 4 nitrogen and oxygen atoms in total. The molecule has 2 aromatic rings. The van der Waals surface area contributed by atoms with Crippen LogP contribution in [0, 0.1) is 12.8 Å². The highest BCUT2D eigenvalue weighted by atomic mass is 32.1. The van der Waals surface area contributed by atoms with Crippen molar-refractivity contribution in [2.45, 2.75) is 39.0 Å². The molecule has 0 saturated heterocycles. The lowest BCUT2D eigenvalue weighted by Gasteiger charge is -2.20.